The third-order valence-corrected chi connectivity index (χ3v) is 5.51. The first-order chi connectivity index (χ1) is 10.2. The number of halogens is 1. The van der Waals surface area contributed by atoms with Gasteiger partial charge in [-0.3, -0.25) is 4.79 Å². The normalized spacial score (nSPS) is 23.7. The highest BCUT2D eigenvalue weighted by molar-refractivity contribution is 9.10. The topological polar surface area (TPSA) is 26.3 Å². The Hall–Kier alpha value is -0.830. The average Bonchev–Trinajstić information content (AvgIpc) is 2.49. The molecular weight excluding hydrogens is 328 g/mol. The second kappa shape index (κ2) is 6.12. The van der Waals surface area contributed by atoms with E-state index in [9.17, 15) is 4.79 Å². The van der Waals surface area contributed by atoms with E-state index < -0.39 is 0 Å². The van der Waals surface area contributed by atoms with Crippen molar-refractivity contribution in [2.24, 2.45) is 5.92 Å². The number of rotatable bonds is 3. The number of carbonyl (C=O) groups excluding carboxylic acids is 1. The molecule has 3 heteroatoms. The second-order valence-corrected chi connectivity index (χ2v) is 7.34. The minimum Gasteiger partial charge on any atom is -0.486 e. The van der Waals surface area contributed by atoms with Crippen molar-refractivity contribution in [1.29, 1.82) is 0 Å². The molecule has 114 valence electrons. The lowest BCUT2D eigenvalue weighted by atomic mass is 9.69. The van der Waals surface area contributed by atoms with Crippen LogP contribution in [0.15, 0.2) is 22.7 Å². The molecule has 1 aromatic rings. The number of fused-ring (bicyclic) bond motifs is 1. The second-order valence-electron chi connectivity index (χ2n) is 6.43. The Morgan fingerprint density at radius 2 is 2.05 bits per heavy atom. The van der Waals surface area contributed by atoms with Crippen LogP contribution in [0.3, 0.4) is 0 Å². The van der Waals surface area contributed by atoms with E-state index in [1.165, 1.54) is 19.3 Å². The SMILES string of the molecule is CCCCC1C(=O)c2cc(Br)ccc2OC12CCCCC2. The summed E-state index contributed by atoms with van der Waals surface area (Å²) in [6.07, 6.45) is 8.89. The summed E-state index contributed by atoms with van der Waals surface area (Å²) in [4.78, 5) is 13.0. The van der Waals surface area contributed by atoms with Crippen molar-refractivity contribution in [2.75, 3.05) is 0 Å². The molecule has 3 rings (SSSR count). The summed E-state index contributed by atoms with van der Waals surface area (Å²) >= 11 is 3.47. The Bertz CT molecular complexity index is 532. The molecule has 1 unspecified atom stereocenters. The fourth-order valence-electron chi connectivity index (χ4n) is 3.90. The lowest BCUT2D eigenvalue weighted by Gasteiger charge is -2.46. The number of unbranched alkanes of at least 4 members (excludes halogenated alkanes) is 1. The molecule has 0 radical (unpaired) electrons. The minimum atomic E-state index is -0.231. The van der Waals surface area contributed by atoms with Gasteiger partial charge in [0.2, 0.25) is 0 Å². The van der Waals surface area contributed by atoms with Crippen molar-refractivity contribution in [3.8, 4) is 5.75 Å². The quantitative estimate of drug-likeness (QED) is 0.715. The number of carbonyl (C=O) groups is 1. The highest BCUT2D eigenvalue weighted by Gasteiger charge is 2.49. The molecule has 0 N–H and O–H groups in total. The number of Topliss-reactive ketones (excluding diaryl/α,β-unsaturated/α-hetero) is 1. The molecule has 1 fully saturated rings. The Balaban J connectivity index is 1.99. The van der Waals surface area contributed by atoms with Gasteiger partial charge in [-0.1, -0.05) is 42.1 Å². The molecule has 2 aliphatic rings. The lowest BCUT2D eigenvalue weighted by molar-refractivity contribution is -0.0288. The van der Waals surface area contributed by atoms with Gasteiger partial charge in [0.15, 0.2) is 5.78 Å². The van der Waals surface area contributed by atoms with Crippen LogP contribution in [0.1, 0.15) is 68.6 Å². The highest BCUT2D eigenvalue weighted by Crippen LogP contribution is 2.47. The molecule has 0 amide bonds. The van der Waals surface area contributed by atoms with E-state index in [4.69, 9.17) is 4.74 Å². The Morgan fingerprint density at radius 3 is 2.76 bits per heavy atom. The zero-order valence-electron chi connectivity index (χ0n) is 12.7. The summed E-state index contributed by atoms with van der Waals surface area (Å²) in [5.41, 5.74) is 0.535. The summed E-state index contributed by atoms with van der Waals surface area (Å²) < 4.78 is 7.40. The first-order valence-electron chi connectivity index (χ1n) is 8.19. The van der Waals surface area contributed by atoms with Crippen LogP contribution in [-0.4, -0.2) is 11.4 Å². The van der Waals surface area contributed by atoms with Crippen LogP contribution < -0.4 is 4.74 Å². The van der Waals surface area contributed by atoms with Gasteiger partial charge in [-0.15, -0.1) is 0 Å². The number of hydrogen-bond donors (Lipinski definition) is 0. The molecule has 1 spiro atoms. The van der Waals surface area contributed by atoms with Crippen molar-refractivity contribution in [1.82, 2.24) is 0 Å². The zero-order chi connectivity index (χ0) is 14.9. The van der Waals surface area contributed by atoms with E-state index >= 15 is 0 Å². The van der Waals surface area contributed by atoms with E-state index in [2.05, 4.69) is 22.9 Å². The fraction of sp³-hybridized carbons (Fsp3) is 0.611. The Labute approximate surface area is 135 Å². The first kappa shape index (κ1) is 15.1. The summed E-state index contributed by atoms with van der Waals surface area (Å²) in [5.74, 6) is 1.13. The predicted molar refractivity (Wildman–Crippen MR) is 87.9 cm³/mol. The molecule has 1 aliphatic carbocycles. The third-order valence-electron chi connectivity index (χ3n) is 5.02. The average molecular weight is 351 g/mol. The van der Waals surface area contributed by atoms with E-state index in [1.54, 1.807) is 0 Å². The van der Waals surface area contributed by atoms with Gasteiger partial charge in [0.05, 0.1) is 11.5 Å². The molecule has 1 aliphatic heterocycles. The van der Waals surface area contributed by atoms with Gasteiger partial charge in [-0.05, 0) is 50.3 Å². The number of ether oxygens (including phenoxy) is 1. The summed E-state index contributed by atoms with van der Waals surface area (Å²) in [7, 11) is 0. The molecule has 0 saturated heterocycles. The Kier molecular flexibility index (Phi) is 4.39. The van der Waals surface area contributed by atoms with Crippen LogP contribution in [0.2, 0.25) is 0 Å². The van der Waals surface area contributed by atoms with Gasteiger partial charge >= 0.3 is 0 Å². The van der Waals surface area contributed by atoms with Crippen LogP contribution in [0.4, 0.5) is 0 Å². The maximum absolute atomic E-state index is 13.0. The van der Waals surface area contributed by atoms with Crippen molar-refractivity contribution < 1.29 is 9.53 Å². The van der Waals surface area contributed by atoms with Crippen molar-refractivity contribution in [3.63, 3.8) is 0 Å². The molecule has 0 aromatic heterocycles. The van der Waals surface area contributed by atoms with Crippen molar-refractivity contribution in [2.45, 2.75) is 63.9 Å². The smallest absolute Gasteiger partial charge is 0.173 e. The van der Waals surface area contributed by atoms with Crippen LogP contribution >= 0.6 is 15.9 Å². The van der Waals surface area contributed by atoms with E-state index in [0.29, 0.717) is 5.78 Å². The van der Waals surface area contributed by atoms with Gasteiger partial charge in [-0.25, -0.2) is 0 Å². The lowest BCUT2D eigenvalue weighted by Crippen LogP contribution is -2.51. The van der Waals surface area contributed by atoms with E-state index in [1.807, 2.05) is 18.2 Å². The highest BCUT2D eigenvalue weighted by atomic mass is 79.9. The summed E-state index contributed by atoms with van der Waals surface area (Å²) in [6.45, 7) is 2.19. The van der Waals surface area contributed by atoms with Gasteiger partial charge in [0, 0.05) is 4.47 Å². The molecule has 1 saturated carbocycles. The molecule has 1 heterocycles. The fourth-order valence-corrected chi connectivity index (χ4v) is 4.26. The predicted octanol–water partition coefficient (Wildman–Crippen LogP) is 5.53. The van der Waals surface area contributed by atoms with E-state index in [0.717, 1.165) is 47.9 Å². The van der Waals surface area contributed by atoms with Crippen molar-refractivity contribution >= 4 is 21.7 Å². The zero-order valence-corrected chi connectivity index (χ0v) is 14.2. The third kappa shape index (κ3) is 2.77. The Morgan fingerprint density at radius 1 is 1.29 bits per heavy atom. The number of ketones is 1. The van der Waals surface area contributed by atoms with Crippen LogP contribution in [0, 0.1) is 5.92 Å². The number of benzene rings is 1. The molecule has 1 aromatic carbocycles. The molecule has 21 heavy (non-hydrogen) atoms. The van der Waals surface area contributed by atoms with Gasteiger partial charge in [0.25, 0.3) is 0 Å². The van der Waals surface area contributed by atoms with Crippen molar-refractivity contribution in [3.05, 3.63) is 28.2 Å². The van der Waals surface area contributed by atoms with Gasteiger partial charge < -0.3 is 4.74 Å². The van der Waals surface area contributed by atoms with Gasteiger partial charge in [-0.2, -0.15) is 0 Å². The maximum Gasteiger partial charge on any atom is 0.173 e. The monoisotopic (exact) mass is 350 g/mol. The summed E-state index contributed by atoms with van der Waals surface area (Å²) in [5, 5.41) is 0. The maximum atomic E-state index is 13.0. The van der Waals surface area contributed by atoms with Crippen LogP contribution in [0.5, 0.6) is 5.75 Å². The molecule has 0 bridgehead atoms. The molecular formula is C18H23BrO2. The molecule has 1 atom stereocenters. The standard InChI is InChI=1S/C18H23BrO2/c1-2-3-7-15-17(20)14-12-13(19)8-9-16(14)21-18(15)10-5-4-6-11-18/h8-9,12,15H,2-7,10-11H2,1H3. The van der Waals surface area contributed by atoms with Crippen LogP contribution in [-0.2, 0) is 0 Å². The number of hydrogen-bond acceptors (Lipinski definition) is 2. The molecule has 2 nitrogen and oxygen atoms in total. The minimum absolute atomic E-state index is 0.0412. The van der Waals surface area contributed by atoms with E-state index in [-0.39, 0.29) is 11.5 Å². The van der Waals surface area contributed by atoms with Crippen LogP contribution in [0.25, 0.3) is 0 Å². The summed E-state index contributed by atoms with van der Waals surface area (Å²) in [6, 6.07) is 5.84. The largest absolute Gasteiger partial charge is 0.486 e. The first-order valence-corrected chi connectivity index (χ1v) is 8.98. The van der Waals surface area contributed by atoms with Gasteiger partial charge in [0.1, 0.15) is 11.4 Å².